The third-order valence-corrected chi connectivity index (χ3v) is 4.37. The van der Waals surface area contributed by atoms with Crippen molar-refractivity contribution >= 4 is 45.9 Å². The average molecular weight is 372 g/mol. The number of nitrogens with one attached hydrogen (secondary N) is 2. The van der Waals surface area contributed by atoms with Gasteiger partial charge in [0.25, 0.3) is 0 Å². The van der Waals surface area contributed by atoms with Gasteiger partial charge in [0.05, 0.1) is 19.0 Å². The number of nitrogens with two attached hydrogens (primary N) is 2. The smallest absolute Gasteiger partial charge is 0.212 e. The second-order valence-electron chi connectivity index (χ2n) is 6.29. The van der Waals surface area contributed by atoms with Crippen LogP contribution in [0, 0.1) is 0 Å². The van der Waals surface area contributed by atoms with Crippen molar-refractivity contribution in [2.24, 2.45) is 31.8 Å². The first-order valence-corrected chi connectivity index (χ1v) is 8.85. The van der Waals surface area contributed by atoms with Crippen LogP contribution in [0.15, 0.2) is 68.8 Å². The number of hydrogen-bond donors (Lipinski definition) is 4. The fraction of sp³-hybridized carbons (Fsp3) is 0.100. The van der Waals surface area contributed by atoms with E-state index in [1.807, 2.05) is 24.3 Å². The van der Waals surface area contributed by atoms with Gasteiger partial charge in [-0.25, -0.2) is 10.4 Å². The van der Waals surface area contributed by atoms with Crippen molar-refractivity contribution in [2.45, 2.75) is 0 Å². The predicted octanol–water partition coefficient (Wildman–Crippen LogP) is 1.48. The molecule has 8 nitrogen and oxygen atoms in total. The number of fused-ring (bicyclic) bond motifs is 2. The summed E-state index contributed by atoms with van der Waals surface area (Å²) in [5.41, 5.74) is 15.5. The Labute approximate surface area is 161 Å². The lowest BCUT2D eigenvalue weighted by atomic mass is 9.97. The van der Waals surface area contributed by atoms with E-state index in [0.29, 0.717) is 5.96 Å². The molecule has 1 aliphatic heterocycles. The zero-order valence-corrected chi connectivity index (χ0v) is 15.1. The Kier molecular flexibility index (Phi) is 4.83. The molecular formula is C20H20N8. The summed E-state index contributed by atoms with van der Waals surface area (Å²) in [6.07, 6.45) is 3.45. The molecule has 0 spiro atoms. The first kappa shape index (κ1) is 17.5. The van der Waals surface area contributed by atoms with Crippen molar-refractivity contribution in [1.82, 2.24) is 10.7 Å². The zero-order chi connectivity index (χ0) is 19.3. The molecule has 4 rings (SSSR count). The van der Waals surface area contributed by atoms with E-state index in [4.69, 9.17) is 11.5 Å². The number of hydrazone groups is 1. The summed E-state index contributed by atoms with van der Waals surface area (Å²) in [7, 11) is 0. The highest BCUT2D eigenvalue weighted by molar-refractivity contribution is 6.10. The molecule has 28 heavy (non-hydrogen) atoms. The SMILES string of the molecule is NC(N)=N/N=C/c1cccc2cc3cccc(/C=N/NC4=NCCN4)c3cc12. The molecule has 0 unspecified atom stereocenters. The van der Waals surface area contributed by atoms with Crippen LogP contribution in [0.5, 0.6) is 0 Å². The van der Waals surface area contributed by atoms with Crippen LogP contribution >= 0.6 is 0 Å². The minimum Gasteiger partial charge on any atom is -0.369 e. The summed E-state index contributed by atoms with van der Waals surface area (Å²) in [6.45, 7) is 1.60. The summed E-state index contributed by atoms with van der Waals surface area (Å²) in [4.78, 5) is 4.26. The van der Waals surface area contributed by atoms with Crippen LogP contribution in [0.2, 0.25) is 0 Å². The molecule has 0 fully saturated rings. The third kappa shape index (κ3) is 3.75. The van der Waals surface area contributed by atoms with E-state index < -0.39 is 0 Å². The van der Waals surface area contributed by atoms with Gasteiger partial charge in [0.15, 0.2) is 0 Å². The monoisotopic (exact) mass is 372 g/mol. The molecule has 0 radical (unpaired) electrons. The normalized spacial score (nSPS) is 13.9. The van der Waals surface area contributed by atoms with Crippen molar-refractivity contribution in [2.75, 3.05) is 13.1 Å². The van der Waals surface area contributed by atoms with Gasteiger partial charge in [-0.15, -0.1) is 5.10 Å². The Balaban J connectivity index is 1.75. The van der Waals surface area contributed by atoms with Crippen molar-refractivity contribution in [3.05, 3.63) is 59.7 Å². The highest BCUT2D eigenvalue weighted by Gasteiger charge is 2.06. The summed E-state index contributed by atoms with van der Waals surface area (Å²) < 4.78 is 0. The highest BCUT2D eigenvalue weighted by Crippen LogP contribution is 2.26. The first-order chi connectivity index (χ1) is 13.7. The highest BCUT2D eigenvalue weighted by atomic mass is 15.4. The molecule has 140 valence electrons. The van der Waals surface area contributed by atoms with E-state index in [9.17, 15) is 0 Å². The maximum absolute atomic E-state index is 5.34. The average Bonchev–Trinajstić information content (AvgIpc) is 3.20. The van der Waals surface area contributed by atoms with Gasteiger partial charge in [-0.2, -0.15) is 10.2 Å². The lowest BCUT2D eigenvalue weighted by molar-refractivity contribution is 0.920. The van der Waals surface area contributed by atoms with Crippen LogP contribution in [-0.2, 0) is 0 Å². The molecule has 1 aliphatic rings. The van der Waals surface area contributed by atoms with Crippen molar-refractivity contribution in [1.29, 1.82) is 0 Å². The van der Waals surface area contributed by atoms with Crippen LogP contribution in [0.3, 0.4) is 0 Å². The minimum atomic E-state index is -0.0747. The molecule has 1 heterocycles. The number of hydrogen-bond acceptors (Lipinski definition) is 6. The molecule has 0 saturated heterocycles. The Morgan fingerprint density at radius 3 is 2.36 bits per heavy atom. The number of rotatable bonds is 4. The summed E-state index contributed by atoms with van der Waals surface area (Å²) in [5, 5.41) is 19.4. The van der Waals surface area contributed by atoms with Gasteiger partial charge in [0.2, 0.25) is 11.9 Å². The fourth-order valence-corrected chi connectivity index (χ4v) is 3.12. The molecule has 0 amide bonds. The number of benzene rings is 3. The second kappa shape index (κ2) is 7.75. The molecule has 3 aromatic rings. The van der Waals surface area contributed by atoms with Crippen LogP contribution < -0.4 is 22.2 Å². The van der Waals surface area contributed by atoms with E-state index in [2.05, 4.69) is 55.3 Å². The van der Waals surface area contributed by atoms with E-state index in [-0.39, 0.29) is 5.96 Å². The minimum absolute atomic E-state index is 0.0747. The topological polar surface area (TPSA) is 126 Å². The summed E-state index contributed by atoms with van der Waals surface area (Å²) in [5.74, 6) is 0.620. The standard InChI is InChI=1S/C20H20N8/c21-19(22)27-25-11-15-5-1-3-13-9-14-4-2-6-16(18(14)10-17(13)15)12-26-28-20-23-7-8-24-20/h1-6,9-12H,7-8H2,(H4,21,22,27)(H2,23,24,28)/b25-11+,26-12+. The van der Waals surface area contributed by atoms with Crippen molar-refractivity contribution < 1.29 is 0 Å². The van der Waals surface area contributed by atoms with E-state index in [1.165, 1.54) is 0 Å². The van der Waals surface area contributed by atoms with Gasteiger partial charge < -0.3 is 16.8 Å². The zero-order valence-electron chi connectivity index (χ0n) is 15.1. The molecule has 6 N–H and O–H groups in total. The van der Waals surface area contributed by atoms with Gasteiger partial charge >= 0.3 is 0 Å². The summed E-state index contributed by atoms with van der Waals surface area (Å²) >= 11 is 0. The molecular weight excluding hydrogens is 352 g/mol. The fourth-order valence-electron chi connectivity index (χ4n) is 3.12. The second-order valence-corrected chi connectivity index (χ2v) is 6.29. The summed E-state index contributed by atoms with van der Waals surface area (Å²) in [6, 6.07) is 16.4. The van der Waals surface area contributed by atoms with E-state index in [0.717, 1.165) is 45.8 Å². The van der Waals surface area contributed by atoms with Gasteiger partial charge in [-0.05, 0) is 33.7 Å². The molecule has 3 aromatic carbocycles. The maximum Gasteiger partial charge on any atom is 0.212 e. The maximum atomic E-state index is 5.34. The Morgan fingerprint density at radius 1 is 1.00 bits per heavy atom. The molecule has 0 atom stereocenters. The van der Waals surface area contributed by atoms with Gasteiger partial charge in [-0.1, -0.05) is 36.4 Å². The number of aliphatic imine (C=N–C) groups is 1. The quantitative estimate of drug-likeness (QED) is 0.239. The molecule has 8 heteroatoms. The molecule has 0 aromatic heterocycles. The number of nitrogens with zero attached hydrogens (tertiary/aromatic N) is 4. The van der Waals surface area contributed by atoms with E-state index in [1.54, 1.807) is 12.4 Å². The van der Waals surface area contributed by atoms with Gasteiger partial charge in [0, 0.05) is 17.7 Å². The van der Waals surface area contributed by atoms with Crippen LogP contribution in [-0.4, -0.2) is 37.4 Å². The molecule has 0 saturated carbocycles. The van der Waals surface area contributed by atoms with Crippen LogP contribution in [0.4, 0.5) is 0 Å². The Morgan fingerprint density at radius 2 is 1.71 bits per heavy atom. The third-order valence-electron chi connectivity index (χ3n) is 4.37. The van der Waals surface area contributed by atoms with Crippen molar-refractivity contribution in [3.63, 3.8) is 0 Å². The lowest BCUT2D eigenvalue weighted by Gasteiger charge is -2.07. The first-order valence-electron chi connectivity index (χ1n) is 8.85. The van der Waals surface area contributed by atoms with Crippen LogP contribution in [0.25, 0.3) is 21.5 Å². The van der Waals surface area contributed by atoms with E-state index >= 15 is 0 Å². The Hall–Kier alpha value is -3.94. The predicted molar refractivity (Wildman–Crippen MR) is 116 cm³/mol. The molecule has 0 aliphatic carbocycles. The van der Waals surface area contributed by atoms with Gasteiger partial charge in [0.1, 0.15) is 0 Å². The Bertz CT molecular complexity index is 1140. The van der Waals surface area contributed by atoms with Crippen molar-refractivity contribution in [3.8, 4) is 0 Å². The number of guanidine groups is 2. The van der Waals surface area contributed by atoms with Crippen LogP contribution in [0.1, 0.15) is 11.1 Å². The largest absolute Gasteiger partial charge is 0.369 e. The lowest BCUT2D eigenvalue weighted by Crippen LogP contribution is -2.30. The molecule has 0 bridgehead atoms. The van der Waals surface area contributed by atoms with Gasteiger partial charge in [-0.3, -0.25) is 0 Å².